The summed E-state index contributed by atoms with van der Waals surface area (Å²) in [4.78, 5) is 0. The summed E-state index contributed by atoms with van der Waals surface area (Å²) in [5.74, 6) is 0. The number of aromatic nitrogens is 1. The summed E-state index contributed by atoms with van der Waals surface area (Å²) in [5, 5.41) is 0. The summed E-state index contributed by atoms with van der Waals surface area (Å²) in [6.45, 7) is 3.39. The molecule has 108 valence electrons. The summed E-state index contributed by atoms with van der Waals surface area (Å²) in [6.07, 6.45) is 8.17. The van der Waals surface area contributed by atoms with Crippen LogP contribution in [0.5, 0.6) is 0 Å². The van der Waals surface area contributed by atoms with Crippen LogP contribution in [0.4, 0.5) is 25.2 Å². The van der Waals surface area contributed by atoms with Gasteiger partial charge in [0.25, 0.3) is 0 Å². The van der Waals surface area contributed by atoms with E-state index in [1.54, 1.807) is 0 Å². The van der Waals surface area contributed by atoms with Gasteiger partial charge in [0, 0.05) is 18.6 Å². The molecule has 1 aromatic rings. The molecule has 0 N–H and O–H groups in total. The zero-order valence-electron chi connectivity index (χ0n) is 9.88. The summed E-state index contributed by atoms with van der Waals surface area (Å²) < 4.78 is 61.4. The van der Waals surface area contributed by atoms with Crippen molar-refractivity contribution in [2.75, 3.05) is 0 Å². The minimum atomic E-state index is -10.7. The van der Waals surface area contributed by atoms with Gasteiger partial charge in [0.1, 0.15) is 6.54 Å². The SMILES string of the molecule is CCCCC[n+]1ccccc1.F[P-](F)(F)(F)(F)F. The maximum atomic E-state index is 9.87. The van der Waals surface area contributed by atoms with E-state index in [1.165, 1.54) is 19.3 Å². The fourth-order valence-corrected chi connectivity index (χ4v) is 1.13. The molecule has 0 atom stereocenters. The normalized spacial score (nSPS) is 15.1. The molecular formula is C10H16F6NP. The maximum absolute atomic E-state index is 10.7. The third kappa shape index (κ3) is 20.6. The van der Waals surface area contributed by atoms with Crippen molar-refractivity contribution in [3.05, 3.63) is 30.6 Å². The van der Waals surface area contributed by atoms with Gasteiger partial charge in [-0.15, -0.1) is 0 Å². The van der Waals surface area contributed by atoms with Crippen molar-refractivity contribution in [2.45, 2.75) is 32.7 Å². The fraction of sp³-hybridized carbons (Fsp3) is 0.500. The number of hydrogen-bond acceptors (Lipinski definition) is 0. The van der Waals surface area contributed by atoms with Crippen molar-refractivity contribution in [3.63, 3.8) is 0 Å². The Hall–Kier alpha value is -0.840. The first-order valence-corrected chi connectivity index (χ1v) is 7.42. The number of halogens is 6. The van der Waals surface area contributed by atoms with Gasteiger partial charge >= 0.3 is 33.0 Å². The van der Waals surface area contributed by atoms with Crippen LogP contribution in [0.3, 0.4) is 0 Å². The standard InChI is InChI=1S/C10H16N.F6P/c1-2-3-5-8-11-9-6-4-7-10-11;1-7(2,3,4,5)6/h4,6-7,9-10H,2-3,5,8H2,1H3;/q+1;-1. The van der Waals surface area contributed by atoms with E-state index in [4.69, 9.17) is 0 Å². The van der Waals surface area contributed by atoms with Crippen molar-refractivity contribution in [1.82, 2.24) is 0 Å². The molecule has 0 radical (unpaired) electrons. The predicted octanol–water partition coefficient (Wildman–Crippen LogP) is 5.55. The molecule has 0 fully saturated rings. The quantitative estimate of drug-likeness (QED) is 0.297. The van der Waals surface area contributed by atoms with E-state index in [1.807, 2.05) is 0 Å². The van der Waals surface area contributed by atoms with Crippen LogP contribution in [0.2, 0.25) is 0 Å². The van der Waals surface area contributed by atoms with E-state index in [-0.39, 0.29) is 0 Å². The number of unbranched alkanes of at least 4 members (excludes halogenated alkanes) is 2. The van der Waals surface area contributed by atoms with E-state index < -0.39 is 7.81 Å². The number of nitrogens with zero attached hydrogens (tertiary/aromatic N) is 1. The zero-order chi connectivity index (χ0) is 14.3. The summed E-state index contributed by atoms with van der Waals surface area (Å²) in [5.41, 5.74) is 0. The van der Waals surface area contributed by atoms with Crippen molar-refractivity contribution in [1.29, 1.82) is 0 Å². The summed E-state index contributed by atoms with van der Waals surface area (Å²) in [7, 11) is -10.7. The third-order valence-corrected chi connectivity index (χ3v) is 1.80. The van der Waals surface area contributed by atoms with Crippen molar-refractivity contribution in [2.24, 2.45) is 0 Å². The van der Waals surface area contributed by atoms with Gasteiger partial charge in [-0.2, -0.15) is 0 Å². The number of pyridine rings is 1. The Morgan fingerprint density at radius 1 is 0.833 bits per heavy atom. The van der Waals surface area contributed by atoms with Gasteiger partial charge in [-0.05, 0) is 6.42 Å². The van der Waals surface area contributed by atoms with Crippen molar-refractivity contribution in [3.8, 4) is 0 Å². The first-order valence-electron chi connectivity index (χ1n) is 5.39. The van der Waals surface area contributed by atoms with Crippen LogP contribution in [-0.2, 0) is 6.54 Å². The molecule has 1 nitrogen and oxygen atoms in total. The Labute approximate surface area is 102 Å². The van der Waals surface area contributed by atoms with Gasteiger partial charge in [-0.3, -0.25) is 0 Å². The topological polar surface area (TPSA) is 3.88 Å². The van der Waals surface area contributed by atoms with Gasteiger partial charge in [0.2, 0.25) is 0 Å². The molecule has 0 aliphatic heterocycles. The number of aryl methyl sites for hydroxylation is 1. The second-order valence-electron chi connectivity index (χ2n) is 3.78. The Balaban J connectivity index is 0.000000360. The molecule has 0 bridgehead atoms. The molecule has 18 heavy (non-hydrogen) atoms. The van der Waals surface area contributed by atoms with E-state index >= 15 is 0 Å². The average Bonchev–Trinajstić information content (AvgIpc) is 2.15. The molecule has 0 unspecified atom stereocenters. The van der Waals surface area contributed by atoms with Crippen LogP contribution in [0.15, 0.2) is 30.6 Å². The van der Waals surface area contributed by atoms with Gasteiger partial charge in [0.05, 0.1) is 0 Å². The monoisotopic (exact) mass is 295 g/mol. The molecule has 0 aliphatic rings. The fourth-order valence-electron chi connectivity index (χ4n) is 1.13. The molecule has 0 saturated carbocycles. The summed E-state index contributed by atoms with van der Waals surface area (Å²) >= 11 is 0. The predicted molar refractivity (Wildman–Crippen MR) is 59.7 cm³/mol. The van der Waals surface area contributed by atoms with Crippen LogP contribution >= 0.6 is 7.81 Å². The Kier molecular flexibility index (Phi) is 5.17. The summed E-state index contributed by atoms with van der Waals surface area (Å²) in [6, 6.07) is 6.20. The van der Waals surface area contributed by atoms with E-state index in [0.29, 0.717) is 0 Å². The van der Waals surface area contributed by atoms with Gasteiger partial charge in [0.15, 0.2) is 12.4 Å². The Bertz CT molecular complexity index is 335. The molecule has 8 heteroatoms. The zero-order valence-corrected chi connectivity index (χ0v) is 10.8. The van der Waals surface area contributed by atoms with Crippen LogP contribution < -0.4 is 4.57 Å². The molecule has 1 heterocycles. The second-order valence-corrected chi connectivity index (χ2v) is 5.70. The molecular weight excluding hydrogens is 279 g/mol. The van der Waals surface area contributed by atoms with Crippen LogP contribution in [0.1, 0.15) is 26.2 Å². The Morgan fingerprint density at radius 2 is 1.28 bits per heavy atom. The average molecular weight is 295 g/mol. The third-order valence-electron chi connectivity index (χ3n) is 1.80. The molecule has 1 aromatic heterocycles. The molecule has 0 saturated heterocycles. The molecule has 0 aromatic carbocycles. The van der Waals surface area contributed by atoms with Crippen molar-refractivity contribution < 1.29 is 29.7 Å². The van der Waals surface area contributed by atoms with Gasteiger partial charge < -0.3 is 0 Å². The first kappa shape index (κ1) is 17.2. The van der Waals surface area contributed by atoms with E-state index in [2.05, 4.69) is 42.1 Å². The number of rotatable bonds is 4. The van der Waals surface area contributed by atoms with Crippen LogP contribution in [0.25, 0.3) is 0 Å². The number of hydrogen-bond donors (Lipinski definition) is 0. The Morgan fingerprint density at radius 3 is 1.67 bits per heavy atom. The molecule has 0 amide bonds. The first-order chi connectivity index (χ1) is 7.88. The van der Waals surface area contributed by atoms with Crippen LogP contribution in [0, 0.1) is 0 Å². The minimum absolute atomic E-state index is 1.16. The van der Waals surface area contributed by atoms with Gasteiger partial charge in [-0.25, -0.2) is 4.57 Å². The molecule has 1 rings (SSSR count). The van der Waals surface area contributed by atoms with E-state index in [0.717, 1.165) is 6.54 Å². The van der Waals surface area contributed by atoms with Crippen LogP contribution in [-0.4, -0.2) is 0 Å². The molecule has 0 aliphatic carbocycles. The van der Waals surface area contributed by atoms with Gasteiger partial charge in [-0.1, -0.05) is 19.4 Å². The molecule has 0 spiro atoms. The van der Waals surface area contributed by atoms with E-state index in [9.17, 15) is 25.2 Å². The second kappa shape index (κ2) is 5.43. The van der Waals surface area contributed by atoms with Crippen molar-refractivity contribution >= 4 is 7.81 Å².